The van der Waals surface area contributed by atoms with Crippen molar-refractivity contribution < 1.29 is 4.42 Å². The van der Waals surface area contributed by atoms with Crippen LogP contribution in [0.1, 0.15) is 123 Å². The molecular formula is C55H57N3O. The van der Waals surface area contributed by atoms with E-state index < -0.39 is 0 Å². The lowest BCUT2D eigenvalue weighted by Crippen LogP contribution is -2.15. The van der Waals surface area contributed by atoms with Crippen molar-refractivity contribution >= 4 is 60.7 Å². The highest BCUT2D eigenvalue weighted by Crippen LogP contribution is 2.46. The Kier molecular flexibility index (Phi) is 8.60. The second kappa shape index (κ2) is 13.1. The summed E-state index contributed by atoms with van der Waals surface area (Å²) in [6.07, 6.45) is 8.78. The van der Waals surface area contributed by atoms with Crippen molar-refractivity contribution in [3.8, 4) is 17.4 Å². The van der Waals surface area contributed by atoms with Gasteiger partial charge in [-0.3, -0.25) is 0 Å². The van der Waals surface area contributed by atoms with E-state index in [1.54, 1.807) is 0 Å². The van der Waals surface area contributed by atoms with Crippen molar-refractivity contribution in [1.82, 2.24) is 9.13 Å². The fourth-order valence-corrected chi connectivity index (χ4v) is 9.14. The van der Waals surface area contributed by atoms with Crippen molar-refractivity contribution in [2.24, 2.45) is 5.41 Å². The third kappa shape index (κ3) is 6.07. The summed E-state index contributed by atoms with van der Waals surface area (Å²) in [5.74, 6) is 0. The Morgan fingerprint density at radius 1 is 0.627 bits per heavy atom. The van der Waals surface area contributed by atoms with E-state index in [-0.39, 0.29) is 21.7 Å². The standard InChI is InChI=1S/C55H57N3O/c1-13-55(11,12)36-23-26-44-41(30-36)38-27-33(52(2,3)4)17-16-19-43(38)57(44)47-31-48(51-50(42(47)32-56)37-18-14-15-20-49(37)59-51)58-45-24-21-34(53(5,6)7)28-39(45)40-29-35(54(8,9)10)22-25-46(40)58/h14-18,20-31H,13,19H2,1-12H3. The van der Waals surface area contributed by atoms with Crippen LogP contribution in [0.4, 0.5) is 0 Å². The molecular weight excluding hydrogens is 719 g/mol. The molecule has 0 saturated carbocycles. The molecule has 9 rings (SSSR count). The first-order chi connectivity index (χ1) is 27.8. The van der Waals surface area contributed by atoms with Gasteiger partial charge in [-0.05, 0) is 105 Å². The van der Waals surface area contributed by atoms with E-state index >= 15 is 0 Å². The van der Waals surface area contributed by atoms with Gasteiger partial charge in [0.2, 0.25) is 0 Å². The van der Waals surface area contributed by atoms with Crippen molar-refractivity contribution in [3.63, 3.8) is 0 Å². The first kappa shape index (κ1) is 38.7. The molecule has 0 spiro atoms. The third-order valence-corrected chi connectivity index (χ3v) is 13.2. The van der Waals surface area contributed by atoms with Gasteiger partial charge in [-0.2, -0.15) is 5.26 Å². The number of benzene rings is 5. The fourth-order valence-electron chi connectivity index (χ4n) is 9.14. The van der Waals surface area contributed by atoms with Crippen LogP contribution >= 0.6 is 0 Å². The van der Waals surface area contributed by atoms with Crippen LogP contribution in [0.2, 0.25) is 0 Å². The van der Waals surface area contributed by atoms with Gasteiger partial charge in [0, 0.05) is 39.2 Å². The van der Waals surface area contributed by atoms with Crippen LogP contribution in [0.5, 0.6) is 0 Å². The Morgan fingerprint density at radius 2 is 1.20 bits per heavy atom. The molecule has 3 aromatic heterocycles. The molecule has 0 atom stereocenters. The van der Waals surface area contributed by atoms with Crippen LogP contribution < -0.4 is 0 Å². The third-order valence-electron chi connectivity index (χ3n) is 13.2. The van der Waals surface area contributed by atoms with Crippen LogP contribution in [0.15, 0.2) is 107 Å². The monoisotopic (exact) mass is 775 g/mol. The van der Waals surface area contributed by atoms with Crippen LogP contribution in [0.25, 0.3) is 72.1 Å². The highest BCUT2D eigenvalue weighted by Gasteiger charge is 2.30. The summed E-state index contributed by atoms with van der Waals surface area (Å²) in [4.78, 5) is 0. The smallest absolute Gasteiger partial charge is 0.160 e. The molecule has 298 valence electrons. The minimum absolute atomic E-state index is 0.0125. The van der Waals surface area contributed by atoms with Gasteiger partial charge in [0.05, 0.1) is 38.9 Å². The lowest BCUT2D eigenvalue weighted by molar-refractivity contribution is 0.507. The Hall–Kier alpha value is -5.79. The maximum absolute atomic E-state index is 11.4. The number of nitrogens with zero attached hydrogens (tertiary/aromatic N) is 3. The summed E-state index contributed by atoms with van der Waals surface area (Å²) in [5, 5.41) is 16.8. The first-order valence-corrected chi connectivity index (χ1v) is 21.4. The molecule has 0 aliphatic heterocycles. The molecule has 0 bridgehead atoms. The van der Waals surface area contributed by atoms with Crippen LogP contribution in [-0.4, -0.2) is 9.13 Å². The summed E-state index contributed by atoms with van der Waals surface area (Å²) < 4.78 is 11.7. The van der Waals surface area contributed by atoms with Crippen molar-refractivity contribution in [3.05, 3.63) is 136 Å². The molecule has 0 unspecified atom stereocenters. The van der Waals surface area contributed by atoms with Crippen molar-refractivity contribution in [2.45, 2.75) is 112 Å². The van der Waals surface area contributed by atoms with Gasteiger partial charge < -0.3 is 13.6 Å². The normalized spacial score (nSPS) is 14.1. The number of para-hydroxylation sites is 1. The van der Waals surface area contributed by atoms with Gasteiger partial charge >= 0.3 is 0 Å². The van der Waals surface area contributed by atoms with E-state index in [4.69, 9.17) is 4.42 Å². The van der Waals surface area contributed by atoms with Gasteiger partial charge in [0.1, 0.15) is 11.7 Å². The molecule has 3 heterocycles. The molecule has 1 aliphatic rings. The van der Waals surface area contributed by atoms with Crippen LogP contribution in [-0.2, 0) is 22.7 Å². The number of rotatable bonds is 4. The van der Waals surface area contributed by atoms with E-state index in [1.165, 1.54) is 49.7 Å². The predicted molar refractivity (Wildman–Crippen MR) is 251 cm³/mol. The summed E-state index contributed by atoms with van der Waals surface area (Å²) >= 11 is 0. The number of nitriles is 1. The molecule has 0 amide bonds. The minimum Gasteiger partial charge on any atom is -0.454 e. The van der Waals surface area contributed by atoms with E-state index in [0.29, 0.717) is 5.56 Å². The molecule has 0 N–H and O–H groups in total. The van der Waals surface area contributed by atoms with Crippen LogP contribution in [0, 0.1) is 16.7 Å². The van der Waals surface area contributed by atoms with Crippen molar-refractivity contribution in [2.75, 3.05) is 0 Å². The summed E-state index contributed by atoms with van der Waals surface area (Å²) in [6, 6.07) is 34.1. The second-order valence-electron chi connectivity index (χ2n) is 20.6. The number of aromatic nitrogens is 2. The average molecular weight is 776 g/mol. The van der Waals surface area contributed by atoms with Gasteiger partial charge in [-0.25, -0.2) is 0 Å². The quantitative estimate of drug-likeness (QED) is 0.179. The van der Waals surface area contributed by atoms with E-state index in [9.17, 15) is 5.26 Å². The average Bonchev–Trinajstić information content (AvgIpc) is 3.76. The molecule has 1 aliphatic carbocycles. The van der Waals surface area contributed by atoms with Crippen LogP contribution in [0.3, 0.4) is 0 Å². The first-order valence-electron chi connectivity index (χ1n) is 21.4. The minimum atomic E-state index is -0.0390. The molecule has 4 heteroatoms. The Morgan fingerprint density at radius 3 is 1.78 bits per heavy atom. The van der Waals surface area contributed by atoms with E-state index in [2.05, 4.69) is 183 Å². The molecule has 8 aromatic rings. The Labute approximate surface area is 349 Å². The topological polar surface area (TPSA) is 46.8 Å². The zero-order valence-electron chi connectivity index (χ0n) is 37.0. The second-order valence-corrected chi connectivity index (χ2v) is 20.6. The predicted octanol–water partition coefficient (Wildman–Crippen LogP) is 15.3. The highest BCUT2D eigenvalue weighted by atomic mass is 16.3. The zero-order valence-corrected chi connectivity index (χ0v) is 37.0. The summed E-state index contributed by atoms with van der Waals surface area (Å²) in [7, 11) is 0. The maximum Gasteiger partial charge on any atom is 0.160 e. The Balaban J connectivity index is 1.47. The molecule has 0 saturated heterocycles. The van der Waals surface area contributed by atoms with Gasteiger partial charge in [0.15, 0.2) is 5.58 Å². The fraction of sp³-hybridized carbons (Fsp3) is 0.327. The van der Waals surface area contributed by atoms with E-state index in [0.717, 1.165) is 62.7 Å². The molecule has 59 heavy (non-hydrogen) atoms. The molecule has 0 fully saturated rings. The zero-order chi connectivity index (χ0) is 42.0. The van der Waals surface area contributed by atoms with Crippen molar-refractivity contribution in [1.29, 1.82) is 5.26 Å². The van der Waals surface area contributed by atoms with Gasteiger partial charge in [-0.1, -0.05) is 132 Å². The number of hydrogen-bond donors (Lipinski definition) is 0. The van der Waals surface area contributed by atoms with Gasteiger partial charge in [0.25, 0.3) is 0 Å². The number of allylic oxidation sites excluding steroid dienone is 3. The number of furan rings is 1. The summed E-state index contributed by atoms with van der Waals surface area (Å²) in [6.45, 7) is 27.5. The molecule has 0 radical (unpaired) electrons. The lowest BCUT2D eigenvalue weighted by atomic mass is 9.81. The number of fused-ring (bicyclic) bond motifs is 9. The summed E-state index contributed by atoms with van der Waals surface area (Å²) in [5.41, 5.74) is 14.8. The maximum atomic E-state index is 11.4. The largest absolute Gasteiger partial charge is 0.454 e. The molecule has 5 aromatic carbocycles. The SMILES string of the molecule is CCC(C)(C)c1ccc2c(c1)c1c(n2-c2cc(-n3c4ccc(C(C)(C)C)cc4c4cc(C(C)(C)C)ccc43)c3oc4ccccc4c3c2C#N)CC=CC(C(C)(C)C)=C1. The number of hydrogen-bond acceptors (Lipinski definition) is 2. The molecule has 4 nitrogen and oxygen atoms in total. The lowest BCUT2D eigenvalue weighted by Gasteiger charge is -2.24. The van der Waals surface area contributed by atoms with Gasteiger partial charge in [-0.15, -0.1) is 0 Å². The Bertz CT molecular complexity index is 3070. The highest BCUT2D eigenvalue weighted by molar-refractivity contribution is 6.15. The van der Waals surface area contributed by atoms with E-state index in [1.807, 2.05) is 18.2 Å².